The van der Waals surface area contributed by atoms with Gasteiger partial charge in [0.15, 0.2) is 0 Å². The van der Waals surface area contributed by atoms with E-state index >= 15 is 0 Å². The van der Waals surface area contributed by atoms with Gasteiger partial charge in [0.25, 0.3) is 0 Å². The highest BCUT2D eigenvalue weighted by molar-refractivity contribution is 5.86. The maximum atomic E-state index is 12.6. The van der Waals surface area contributed by atoms with Crippen LogP contribution in [0.5, 0.6) is 0 Å². The van der Waals surface area contributed by atoms with E-state index in [1.165, 1.54) is 0 Å². The Morgan fingerprint density at radius 2 is 2.04 bits per heavy atom. The van der Waals surface area contributed by atoms with Gasteiger partial charge in [-0.15, -0.1) is 0 Å². The molecular weight excluding hydrogens is 340 g/mol. The van der Waals surface area contributed by atoms with Crippen LogP contribution in [0.4, 0.5) is 0 Å². The van der Waals surface area contributed by atoms with E-state index in [-0.39, 0.29) is 24.3 Å². The molecule has 0 bridgehead atoms. The number of piperazine rings is 1. The van der Waals surface area contributed by atoms with E-state index in [2.05, 4.69) is 11.1 Å². The van der Waals surface area contributed by atoms with Gasteiger partial charge in [-0.3, -0.25) is 14.6 Å². The molecule has 0 spiro atoms. The van der Waals surface area contributed by atoms with Crippen LogP contribution in [0.15, 0.2) is 48.8 Å². The van der Waals surface area contributed by atoms with E-state index in [1.54, 1.807) is 34.3 Å². The third kappa shape index (κ3) is 4.70. The van der Waals surface area contributed by atoms with Gasteiger partial charge in [-0.2, -0.15) is 5.26 Å². The lowest BCUT2D eigenvalue weighted by Crippen LogP contribution is -2.51. The monoisotopic (exact) mass is 362 g/mol. The van der Waals surface area contributed by atoms with E-state index in [0.29, 0.717) is 31.6 Å². The van der Waals surface area contributed by atoms with Crippen molar-refractivity contribution in [3.05, 3.63) is 65.5 Å². The van der Waals surface area contributed by atoms with Gasteiger partial charge in [-0.05, 0) is 35.2 Å². The second kappa shape index (κ2) is 8.45. The summed E-state index contributed by atoms with van der Waals surface area (Å²) in [4.78, 5) is 32.5. The number of amides is 2. The van der Waals surface area contributed by atoms with Gasteiger partial charge in [0.2, 0.25) is 11.8 Å². The zero-order valence-corrected chi connectivity index (χ0v) is 15.3. The SMILES string of the molecule is CC(CC(=O)N1CCN(Cc2ccc(C#N)cc2)C(=O)C1)c1cccnc1. The van der Waals surface area contributed by atoms with Crippen molar-refractivity contribution < 1.29 is 9.59 Å². The van der Waals surface area contributed by atoms with Crippen molar-refractivity contribution >= 4 is 11.8 Å². The third-order valence-electron chi connectivity index (χ3n) is 4.86. The maximum Gasteiger partial charge on any atom is 0.242 e. The normalized spacial score (nSPS) is 15.3. The van der Waals surface area contributed by atoms with E-state index in [9.17, 15) is 9.59 Å². The molecule has 2 heterocycles. The lowest BCUT2D eigenvalue weighted by molar-refractivity contribution is -0.145. The lowest BCUT2D eigenvalue weighted by atomic mass is 9.99. The first-order chi connectivity index (χ1) is 13.1. The molecule has 1 atom stereocenters. The van der Waals surface area contributed by atoms with Crippen molar-refractivity contribution in [1.29, 1.82) is 5.26 Å². The van der Waals surface area contributed by atoms with Crippen LogP contribution in [0.3, 0.4) is 0 Å². The number of nitriles is 1. The molecule has 0 saturated carbocycles. The van der Waals surface area contributed by atoms with Gasteiger partial charge in [0.1, 0.15) is 0 Å². The quantitative estimate of drug-likeness (QED) is 0.818. The molecule has 27 heavy (non-hydrogen) atoms. The molecule has 2 aromatic rings. The van der Waals surface area contributed by atoms with Crippen LogP contribution in [-0.2, 0) is 16.1 Å². The zero-order valence-electron chi connectivity index (χ0n) is 15.3. The third-order valence-corrected chi connectivity index (χ3v) is 4.86. The first kappa shape index (κ1) is 18.6. The van der Waals surface area contributed by atoms with Crippen LogP contribution in [-0.4, -0.2) is 46.2 Å². The molecule has 1 unspecified atom stereocenters. The number of aromatic nitrogens is 1. The van der Waals surface area contributed by atoms with E-state index in [1.807, 2.05) is 31.2 Å². The number of carbonyl (C=O) groups excluding carboxylic acids is 2. The number of hydrogen-bond donors (Lipinski definition) is 0. The highest BCUT2D eigenvalue weighted by Gasteiger charge is 2.27. The van der Waals surface area contributed by atoms with Gasteiger partial charge in [-0.25, -0.2) is 0 Å². The summed E-state index contributed by atoms with van der Waals surface area (Å²) in [5, 5.41) is 8.85. The second-order valence-corrected chi connectivity index (χ2v) is 6.83. The Labute approximate surface area is 159 Å². The first-order valence-electron chi connectivity index (χ1n) is 9.01. The van der Waals surface area contributed by atoms with E-state index < -0.39 is 0 Å². The fraction of sp³-hybridized carbons (Fsp3) is 0.333. The van der Waals surface area contributed by atoms with Crippen molar-refractivity contribution in [2.45, 2.75) is 25.8 Å². The minimum atomic E-state index is -0.0482. The van der Waals surface area contributed by atoms with E-state index in [0.717, 1.165) is 11.1 Å². The number of rotatable bonds is 5. The largest absolute Gasteiger partial charge is 0.335 e. The standard InChI is InChI=1S/C21H22N4O2/c1-16(19-3-2-8-23-13-19)11-20(26)25-10-9-24(21(27)15-25)14-18-6-4-17(12-22)5-7-18/h2-8,13,16H,9-11,14-15H2,1H3. The smallest absolute Gasteiger partial charge is 0.242 e. The fourth-order valence-corrected chi connectivity index (χ4v) is 3.17. The Hall–Kier alpha value is -3.20. The summed E-state index contributed by atoms with van der Waals surface area (Å²) < 4.78 is 0. The summed E-state index contributed by atoms with van der Waals surface area (Å²) in [6, 6.07) is 13.1. The molecule has 1 saturated heterocycles. The molecule has 138 valence electrons. The average molecular weight is 362 g/mol. The Kier molecular flexibility index (Phi) is 5.82. The fourth-order valence-electron chi connectivity index (χ4n) is 3.17. The second-order valence-electron chi connectivity index (χ2n) is 6.83. The summed E-state index contributed by atoms with van der Waals surface area (Å²) >= 11 is 0. The van der Waals surface area contributed by atoms with Crippen molar-refractivity contribution in [3.63, 3.8) is 0 Å². The molecule has 0 aliphatic carbocycles. The predicted octanol–water partition coefficient (Wildman–Crippen LogP) is 2.32. The minimum absolute atomic E-state index is 0.00211. The Morgan fingerprint density at radius 1 is 1.26 bits per heavy atom. The van der Waals surface area contributed by atoms with Gasteiger partial charge in [0, 0.05) is 38.4 Å². The first-order valence-corrected chi connectivity index (χ1v) is 9.01. The number of hydrogen-bond acceptors (Lipinski definition) is 4. The average Bonchev–Trinajstić information content (AvgIpc) is 2.70. The molecule has 1 aromatic carbocycles. The summed E-state index contributed by atoms with van der Waals surface area (Å²) in [6.45, 7) is 3.68. The number of carbonyl (C=O) groups is 2. The topological polar surface area (TPSA) is 77.3 Å². The van der Waals surface area contributed by atoms with E-state index in [4.69, 9.17) is 5.26 Å². The molecule has 3 rings (SSSR count). The summed E-state index contributed by atoms with van der Waals surface area (Å²) in [7, 11) is 0. The highest BCUT2D eigenvalue weighted by Crippen LogP contribution is 2.20. The summed E-state index contributed by atoms with van der Waals surface area (Å²) in [5.41, 5.74) is 2.60. The molecule has 1 fully saturated rings. The van der Waals surface area contributed by atoms with Crippen LogP contribution < -0.4 is 0 Å². The highest BCUT2D eigenvalue weighted by atomic mass is 16.2. The molecule has 6 nitrogen and oxygen atoms in total. The summed E-state index contributed by atoms with van der Waals surface area (Å²) in [5.74, 6) is 0.0173. The molecule has 2 amide bonds. The van der Waals surface area contributed by atoms with Crippen LogP contribution in [0.2, 0.25) is 0 Å². The van der Waals surface area contributed by atoms with Gasteiger partial charge in [0.05, 0.1) is 18.2 Å². The van der Waals surface area contributed by atoms with Gasteiger partial charge >= 0.3 is 0 Å². The minimum Gasteiger partial charge on any atom is -0.335 e. The zero-order chi connectivity index (χ0) is 19.2. The van der Waals surface area contributed by atoms with Gasteiger partial charge < -0.3 is 9.80 Å². The summed E-state index contributed by atoms with van der Waals surface area (Å²) in [6.07, 6.45) is 3.86. The Morgan fingerprint density at radius 3 is 2.67 bits per heavy atom. The number of benzene rings is 1. The number of pyridine rings is 1. The lowest BCUT2D eigenvalue weighted by Gasteiger charge is -2.35. The predicted molar refractivity (Wildman–Crippen MR) is 100 cm³/mol. The Bertz CT molecular complexity index is 843. The van der Waals surface area contributed by atoms with Crippen LogP contribution >= 0.6 is 0 Å². The van der Waals surface area contributed by atoms with Crippen LogP contribution in [0.25, 0.3) is 0 Å². The molecule has 1 aliphatic heterocycles. The molecule has 1 aliphatic rings. The molecule has 0 N–H and O–H groups in total. The van der Waals surface area contributed by atoms with Gasteiger partial charge in [-0.1, -0.05) is 25.1 Å². The Balaban J connectivity index is 1.53. The molecular formula is C21H22N4O2. The van der Waals surface area contributed by atoms with Crippen molar-refractivity contribution in [2.75, 3.05) is 19.6 Å². The van der Waals surface area contributed by atoms with Crippen molar-refractivity contribution in [2.24, 2.45) is 0 Å². The van der Waals surface area contributed by atoms with Crippen molar-refractivity contribution in [1.82, 2.24) is 14.8 Å². The van der Waals surface area contributed by atoms with Crippen molar-refractivity contribution in [3.8, 4) is 6.07 Å². The maximum absolute atomic E-state index is 12.6. The van der Waals surface area contributed by atoms with Crippen LogP contribution in [0.1, 0.15) is 36.0 Å². The number of nitrogens with zero attached hydrogens (tertiary/aromatic N) is 4. The molecule has 0 radical (unpaired) electrons. The molecule has 1 aromatic heterocycles. The molecule has 6 heteroatoms. The van der Waals surface area contributed by atoms with Crippen LogP contribution in [0, 0.1) is 11.3 Å².